The molecule has 1 saturated carbocycles. The van der Waals surface area contributed by atoms with Crippen LogP contribution in [0.25, 0.3) is 6.08 Å². The first kappa shape index (κ1) is 21.4. The predicted octanol–water partition coefficient (Wildman–Crippen LogP) is 4.94. The van der Waals surface area contributed by atoms with Crippen LogP contribution in [0.5, 0.6) is 11.5 Å². The Balaban J connectivity index is 1.69. The van der Waals surface area contributed by atoms with E-state index in [4.69, 9.17) is 9.47 Å². The molecule has 0 atom stereocenters. The van der Waals surface area contributed by atoms with Gasteiger partial charge in [0, 0.05) is 6.04 Å². The summed E-state index contributed by atoms with van der Waals surface area (Å²) in [7, 11) is 1.57. The monoisotopic (exact) mass is 404 g/mol. The molecule has 156 valence electrons. The minimum Gasteiger partial charge on any atom is -0.493 e. The molecule has 30 heavy (non-hydrogen) atoms. The fourth-order valence-electron chi connectivity index (χ4n) is 3.56. The van der Waals surface area contributed by atoms with Crippen molar-refractivity contribution < 1.29 is 14.3 Å². The Bertz CT molecular complexity index is 936. The van der Waals surface area contributed by atoms with Crippen molar-refractivity contribution in [3.63, 3.8) is 0 Å². The van der Waals surface area contributed by atoms with Crippen molar-refractivity contribution in [3.05, 3.63) is 64.7 Å². The summed E-state index contributed by atoms with van der Waals surface area (Å²) >= 11 is 0. The molecule has 1 aliphatic rings. The van der Waals surface area contributed by atoms with E-state index >= 15 is 0 Å². The van der Waals surface area contributed by atoms with Gasteiger partial charge in [-0.2, -0.15) is 5.26 Å². The second kappa shape index (κ2) is 10.5. The largest absolute Gasteiger partial charge is 0.493 e. The Morgan fingerprint density at radius 1 is 1.13 bits per heavy atom. The molecule has 0 heterocycles. The van der Waals surface area contributed by atoms with Crippen molar-refractivity contribution in [3.8, 4) is 17.6 Å². The highest BCUT2D eigenvalue weighted by Gasteiger charge is 2.18. The van der Waals surface area contributed by atoms with Crippen LogP contribution in [0, 0.1) is 18.3 Å². The summed E-state index contributed by atoms with van der Waals surface area (Å²) in [5.41, 5.74) is 3.08. The molecule has 0 saturated heterocycles. The highest BCUT2D eigenvalue weighted by molar-refractivity contribution is 6.01. The third-order valence-electron chi connectivity index (χ3n) is 5.32. The summed E-state index contributed by atoms with van der Waals surface area (Å²) in [6.07, 6.45) is 7.00. The van der Waals surface area contributed by atoms with Crippen LogP contribution in [-0.2, 0) is 11.4 Å². The molecule has 3 rings (SSSR count). The van der Waals surface area contributed by atoms with Crippen molar-refractivity contribution in [1.82, 2.24) is 5.32 Å². The number of rotatable bonds is 7. The number of carbonyl (C=O) groups is 1. The molecule has 5 heteroatoms. The Hall–Kier alpha value is -3.26. The number of methoxy groups -OCH3 is 1. The molecule has 2 aromatic carbocycles. The SMILES string of the molecule is COc1cc(/C=C(\C#N)C(=O)NC2CCCCC2)ccc1OCc1ccc(C)cc1. The van der Waals surface area contributed by atoms with Gasteiger partial charge in [0.2, 0.25) is 0 Å². The van der Waals surface area contributed by atoms with Crippen LogP contribution in [-0.4, -0.2) is 19.1 Å². The van der Waals surface area contributed by atoms with Gasteiger partial charge in [0.15, 0.2) is 11.5 Å². The number of carbonyl (C=O) groups excluding carboxylic acids is 1. The lowest BCUT2D eigenvalue weighted by Gasteiger charge is -2.22. The van der Waals surface area contributed by atoms with Crippen molar-refractivity contribution in [2.45, 2.75) is 51.7 Å². The van der Waals surface area contributed by atoms with Gasteiger partial charge >= 0.3 is 0 Å². The molecule has 0 aliphatic heterocycles. The van der Waals surface area contributed by atoms with Crippen LogP contribution < -0.4 is 14.8 Å². The van der Waals surface area contributed by atoms with E-state index in [1.807, 2.05) is 43.3 Å². The first-order valence-electron chi connectivity index (χ1n) is 10.4. The molecule has 0 bridgehead atoms. The van der Waals surface area contributed by atoms with Crippen molar-refractivity contribution in [1.29, 1.82) is 5.26 Å². The Labute approximate surface area is 178 Å². The first-order valence-corrected chi connectivity index (χ1v) is 10.4. The highest BCUT2D eigenvalue weighted by atomic mass is 16.5. The van der Waals surface area contributed by atoms with E-state index in [0.29, 0.717) is 23.7 Å². The Morgan fingerprint density at radius 3 is 2.53 bits per heavy atom. The predicted molar refractivity (Wildman–Crippen MR) is 117 cm³/mol. The Morgan fingerprint density at radius 2 is 1.87 bits per heavy atom. The number of hydrogen-bond donors (Lipinski definition) is 1. The quantitative estimate of drug-likeness (QED) is 0.524. The zero-order valence-electron chi connectivity index (χ0n) is 17.6. The average Bonchev–Trinajstić information content (AvgIpc) is 2.78. The minimum atomic E-state index is -0.317. The van der Waals surface area contributed by atoms with Crippen molar-refractivity contribution in [2.24, 2.45) is 0 Å². The lowest BCUT2D eigenvalue weighted by Crippen LogP contribution is -2.36. The summed E-state index contributed by atoms with van der Waals surface area (Å²) in [6, 6.07) is 15.7. The fraction of sp³-hybridized carbons (Fsp3) is 0.360. The van der Waals surface area contributed by atoms with Gasteiger partial charge in [-0.25, -0.2) is 0 Å². The molecule has 1 amide bonds. The summed E-state index contributed by atoms with van der Waals surface area (Å²) in [5.74, 6) is 0.851. The van der Waals surface area contributed by atoms with E-state index in [0.717, 1.165) is 31.2 Å². The lowest BCUT2D eigenvalue weighted by molar-refractivity contribution is -0.117. The fourth-order valence-corrected chi connectivity index (χ4v) is 3.56. The number of aryl methyl sites for hydroxylation is 1. The third-order valence-corrected chi connectivity index (χ3v) is 5.32. The molecular formula is C25H28N2O3. The van der Waals surface area contributed by atoms with Crippen LogP contribution in [0.2, 0.25) is 0 Å². The van der Waals surface area contributed by atoms with E-state index in [9.17, 15) is 10.1 Å². The van der Waals surface area contributed by atoms with Gasteiger partial charge < -0.3 is 14.8 Å². The molecule has 2 aromatic rings. The van der Waals surface area contributed by atoms with Gasteiger partial charge in [-0.05, 0) is 49.1 Å². The minimum absolute atomic E-state index is 0.0935. The Kier molecular flexibility index (Phi) is 7.51. The normalized spacial score (nSPS) is 14.6. The zero-order chi connectivity index (χ0) is 21.3. The maximum Gasteiger partial charge on any atom is 0.262 e. The third kappa shape index (κ3) is 5.87. The molecule has 0 unspecified atom stereocenters. The average molecular weight is 405 g/mol. The van der Waals surface area contributed by atoms with E-state index < -0.39 is 0 Å². The molecule has 1 aliphatic carbocycles. The summed E-state index contributed by atoms with van der Waals surface area (Å²) in [5, 5.41) is 12.4. The number of amides is 1. The van der Waals surface area contributed by atoms with E-state index in [-0.39, 0.29) is 17.5 Å². The van der Waals surface area contributed by atoms with Crippen LogP contribution in [0.1, 0.15) is 48.8 Å². The number of nitrogens with one attached hydrogen (secondary N) is 1. The van der Waals surface area contributed by atoms with Crippen LogP contribution in [0.4, 0.5) is 0 Å². The van der Waals surface area contributed by atoms with Crippen molar-refractivity contribution in [2.75, 3.05) is 7.11 Å². The first-order chi connectivity index (χ1) is 14.6. The molecule has 5 nitrogen and oxygen atoms in total. The lowest BCUT2D eigenvalue weighted by atomic mass is 9.95. The number of nitriles is 1. The number of nitrogens with zero attached hydrogens (tertiary/aromatic N) is 1. The molecule has 0 aromatic heterocycles. The van der Waals surface area contributed by atoms with Gasteiger partial charge in [-0.1, -0.05) is 55.2 Å². The second-order valence-electron chi connectivity index (χ2n) is 7.66. The maximum atomic E-state index is 12.5. The van der Waals surface area contributed by atoms with E-state index in [1.54, 1.807) is 25.3 Å². The standard InChI is InChI=1S/C25H28N2O3/c1-18-8-10-19(11-9-18)17-30-23-13-12-20(15-24(23)29-2)14-21(16-26)25(28)27-22-6-4-3-5-7-22/h8-15,22H,3-7,17H2,1-2H3,(H,27,28)/b21-14+. The molecule has 0 spiro atoms. The molecular weight excluding hydrogens is 376 g/mol. The van der Waals surface area contributed by atoms with E-state index in [1.165, 1.54) is 12.0 Å². The van der Waals surface area contributed by atoms with Crippen LogP contribution >= 0.6 is 0 Å². The number of benzene rings is 2. The van der Waals surface area contributed by atoms with Gasteiger partial charge in [0.1, 0.15) is 18.2 Å². The van der Waals surface area contributed by atoms with Gasteiger partial charge in [-0.15, -0.1) is 0 Å². The summed E-state index contributed by atoms with van der Waals surface area (Å²) in [6.45, 7) is 2.48. The molecule has 1 fully saturated rings. The number of ether oxygens (including phenoxy) is 2. The molecule has 1 N–H and O–H groups in total. The number of hydrogen-bond acceptors (Lipinski definition) is 4. The van der Waals surface area contributed by atoms with Crippen LogP contribution in [0.15, 0.2) is 48.0 Å². The second-order valence-corrected chi connectivity index (χ2v) is 7.66. The van der Waals surface area contributed by atoms with Gasteiger partial charge in [0.25, 0.3) is 5.91 Å². The van der Waals surface area contributed by atoms with Crippen LogP contribution in [0.3, 0.4) is 0 Å². The summed E-state index contributed by atoms with van der Waals surface area (Å²) in [4.78, 5) is 12.5. The van der Waals surface area contributed by atoms with E-state index in [2.05, 4.69) is 5.32 Å². The topological polar surface area (TPSA) is 71.3 Å². The highest BCUT2D eigenvalue weighted by Crippen LogP contribution is 2.30. The summed E-state index contributed by atoms with van der Waals surface area (Å²) < 4.78 is 11.4. The van der Waals surface area contributed by atoms with Gasteiger partial charge in [-0.3, -0.25) is 4.79 Å². The van der Waals surface area contributed by atoms with Crippen molar-refractivity contribution >= 4 is 12.0 Å². The maximum absolute atomic E-state index is 12.5. The smallest absolute Gasteiger partial charge is 0.262 e. The molecule has 0 radical (unpaired) electrons. The zero-order valence-corrected chi connectivity index (χ0v) is 17.6. The van der Waals surface area contributed by atoms with Gasteiger partial charge in [0.05, 0.1) is 7.11 Å².